The van der Waals surface area contributed by atoms with Crippen LogP contribution in [0.1, 0.15) is 11.1 Å². The van der Waals surface area contributed by atoms with Crippen molar-refractivity contribution in [3.8, 4) is 5.75 Å². The van der Waals surface area contributed by atoms with Gasteiger partial charge in [0.05, 0.1) is 0 Å². The summed E-state index contributed by atoms with van der Waals surface area (Å²) in [6.07, 6.45) is 0. The van der Waals surface area contributed by atoms with E-state index in [1.807, 2.05) is 13.0 Å². The Kier molecular flexibility index (Phi) is 3.93. The van der Waals surface area contributed by atoms with Gasteiger partial charge in [-0.2, -0.15) is 0 Å². The molecule has 0 aliphatic rings. The topological polar surface area (TPSA) is 46.2 Å². The molecule has 1 rings (SSSR count). The van der Waals surface area contributed by atoms with Gasteiger partial charge in [-0.3, -0.25) is 0 Å². The molecule has 0 aromatic heterocycles. The van der Waals surface area contributed by atoms with Crippen molar-refractivity contribution in [3.63, 3.8) is 0 Å². The third-order valence-electron chi connectivity index (χ3n) is 1.55. The van der Waals surface area contributed by atoms with Gasteiger partial charge in [0, 0.05) is 6.54 Å². The van der Waals surface area contributed by atoms with Gasteiger partial charge in [0.15, 0.2) is 0 Å². The van der Waals surface area contributed by atoms with Gasteiger partial charge in [0.2, 0.25) is 0 Å². The number of aryl methyl sites for hydroxylation is 1. The fourth-order valence-electron chi connectivity index (χ4n) is 0.878. The Morgan fingerprint density at radius 2 is 2.09 bits per heavy atom. The normalized spacial score (nSPS) is 8.91. The van der Waals surface area contributed by atoms with E-state index in [1.54, 1.807) is 12.1 Å². The number of hydrogen-bond donors (Lipinski definition) is 2. The van der Waals surface area contributed by atoms with Crippen molar-refractivity contribution in [2.45, 2.75) is 13.5 Å². The van der Waals surface area contributed by atoms with E-state index in [0.717, 1.165) is 11.1 Å². The first-order chi connectivity index (χ1) is 4.74. The summed E-state index contributed by atoms with van der Waals surface area (Å²) in [7, 11) is 0. The van der Waals surface area contributed by atoms with Crippen molar-refractivity contribution in [3.05, 3.63) is 29.3 Å². The maximum absolute atomic E-state index is 9.01. The van der Waals surface area contributed by atoms with E-state index in [1.165, 1.54) is 0 Å². The average molecular weight is 174 g/mol. The number of benzene rings is 1. The monoisotopic (exact) mass is 173 g/mol. The van der Waals surface area contributed by atoms with Crippen LogP contribution >= 0.6 is 12.4 Å². The zero-order valence-corrected chi connectivity index (χ0v) is 7.19. The van der Waals surface area contributed by atoms with Crippen molar-refractivity contribution >= 4 is 12.4 Å². The van der Waals surface area contributed by atoms with E-state index in [0.29, 0.717) is 6.54 Å². The van der Waals surface area contributed by atoms with Crippen LogP contribution in [-0.2, 0) is 6.54 Å². The maximum atomic E-state index is 9.01. The van der Waals surface area contributed by atoms with Gasteiger partial charge in [-0.05, 0) is 30.2 Å². The first kappa shape index (κ1) is 10.3. The Bertz CT molecular complexity index is 238. The second kappa shape index (κ2) is 4.21. The fourth-order valence-corrected chi connectivity index (χ4v) is 0.878. The van der Waals surface area contributed by atoms with E-state index < -0.39 is 0 Å². The van der Waals surface area contributed by atoms with Crippen LogP contribution in [0.4, 0.5) is 0 Å². The summed E-state index contributed by atoms with van der Waals surface area (Å²) in [4.78, 5) is 0. The highest BCUT2D eigenvalue weighted by Crippen LogP contribution is 2.14. The van der Waals surface area contributed by atoms with Gasteiger partial charge in [0.25, 0.3) is 0 Å². The van der Waals surface area contributed by atoms with Gasteiger partial charge in [0.1, 0.15) is 5.75 Å². The molecular formula is C8H12ClNO. The van der Waals surface area contributed by atoms with Gasteiger partial charge >= 0.3 is 0 Å². The minimum Gasteiger partial charge on any atom is -0.508 e. The zero-order chi connectivity index (χ0) is 7.56. The van der Waals surface area contributed by atoms with Crippen molar-refractivity contribution in [2.24, 2.45) is 5.73 Å². The molecule has 0 heterocycles. The molecule has 62 valence electrons. The second-order valence-corrected chi connectivity index (χ2v) is 2.31. The largest absolute Gasteiger partial charge is 0.508 e. The van der Waals surface area contributed by atoms with Gasteiger partial charge in [-0.1, -0.05) is 6.07 Å². The summed E-state index contributed by atoms with van der Waals surface area (Å²) in [5, 5.41) is 9.01. The van der Waals surface area contributed by atoms with E-state index in [4.69, 9.17) is 10.8 Å². The third kappa shape index (κ3) is 2.41. The predicted octanol–water partition coefficient (Wildman–Crippen LogP) is 1.58. The molecule has 0 radical (unpaired) electrons. The molecule has 3 N–H and O–H groups in total. The maximum Gasteiger partial charge on any atom is 0.115 e. The van der Waals surface area contributed by atoms with Crippen molar-refractivity contribution in [2.75, 3.05) is 0 Å². The summed E-state index contributed by atoms with van der Waals surface area (Å²) in [5.41, 5.74) is 7.53. The first-order valence-electron chi connectivity index (χ1n) is 3.22. The Labute approximate surface area is 72.4 Å². The van der Waals surface area contributed by atoms with Gasteiger partial charge in [-0.15, -0.1) is 12.4 Å². The SMILES string of the molecule is Cc1ccc(O)cc1CN.Cl. The third-order valence-corrected chi connectivity index (χ3v) is 1.55. The van der Waals surface area contributed by atoms with Crippen LogP contribution in [0.15, 0.2) is 18.2 Å². The minimum absolute atomic E-state index is 0. The quantitative estimate of drug-likeness (QED) is 0.678. The molecule has 0 aliphatic heterocycles. The molecule has 0 aliphatic carbocycles. The van der Waals surface area contributed by atoms with E-state index in [2.05, 4.69) is 0 Å². The molecular weight excluding hydrogens is 162 g/mol. The summed E-state index contributed by atoms with van der Waals surface area (Å²) in [6.45, 7) is 2.46. The van der Waals surface area contributed by atoms with Gasteiger partial charge < -0.3 is 10.8 Å². The molecule has 0 saturated carbocycles. The van der Waals surface area contributed by atoms with Crippen LogP contribution < -0.4 is 5.73 Å². The molecule has 0 fully saturated rings. The molecule has 0 spiro atoms. The number of rotatable bonds is 1. The molecule has 2 nitrogen and oxygen atoms in total. The number of aromatic hydroxyl groups is 1. The zero-order valence-electron chi connectivity index (χ0n) is 6.37. The van der Waals surface area contributed by atoms with Crippen molar-refractivity contribution in [1.82, 2.24) is 0 Å². The summed E-state index contributed by atoms with van der Waals surface area (Å²) >= 11 is 0. The van der Waals surface area contributed by atoms with Gasteiger partial charge in [-0.25, -0.2) is 0 Å². The van der Waals surface area contributed by atoms with Crippen molar-refractivity contribution in [1.29, 1.82) is 0 Å². The fraction of sp³-hybridized carbons (Fsp3) is 0.250. The van der Waals surface area contributed by atoms with Crippen LogP contribution in [0, 0.1) is 6.92 Å². The average Bonchev–Trinajstić information content (AvgIpc) is 1.94. The highest BCUT2D eigenvalue weighted by atomic mass is 35.5. The number of halogens is 1. The molecule has 0 bridgehead atoms. The lowest BCUT2D eigenvalue weighted by Gasteiger charge is -2.01. The smallest absolute Gasteiger partial charge is 0.115 e. The van der Waals surface area contributed by atoms with Crippen LogP contribution in [0.2, 0.25) is 0 Å². The highest BCUT2D eigenvalue weighted by Gasteiger charge is 1.95. The summed E-state index contributed by atoms with van der Waals surface area (Å²) in [6, 6.07) is 5.21. The number of phenols is 1. The molecule has 0 unspecified atom stereocenters. The van der Waals surface area contributed by atoms with E-state index in [9.17, 15) is 0 Å². The van der Waals surface area contributed by atoms with E-state index >= 15 is 0 Å². The Balaban J connectivity index is 0.000001000. The van der Waals surface area contributed by atoms with E-state index in [-0.39, 0.29) is 18.2 Å². The second-order valence-electron chi connectivity index (χ2n) is 2.31. The lowest BCUT2D eigenvalue weighted by Crippen LogP contribution is -1.97. The molecule has 1 aromatic carbocycles. The first-order valence-corrected chi connectivity index (χ1v) is 3.22. The van der Waals surface area contributed by atoms with Crippen molar-refractivity contribution < 1.29 is 5.11 Å². The summed E-state index contributed by atoms with van der Waals surface area (Å²) in [5.74, 6) is 0.283. The number of nitrogens with two attached hydrogens (primary N) is 1. The minimum atomic E-state index is 0. The standard InChI is InChI=1S/C8H11NO.ClH/c1-6-2-3-8(10)4-7(6)5-9;/h2-4,10H,5,9H2,1H3;1H. The molecule has 0 amide bonds. The lowest BCUT2D eigenvalue weighted by atomic mass is 10.1. The van der Waals surface area contributed by atoms with Crippen LogP contribution in [0.3, 0.4) is 0 Å². The van der Waals surface area contributed by atoms with Crippen LogP contribution in [0.5, 0.6) is 5.75 Å². The molecule has 0 saturated heterocycles. The predicted molar refractivity (Wildman–Crippen MR) is 48.0 cm³/mol. The van der Waals surface area contributed by atoms with Crippen LogP contribution in [0.25, 0.3) is 0 Å². The molecule has 3 heteroatoms. The van der Waals surface area contributed by atoms with Crippen LogP contribution in [-0.4, -0.2) is 5.11 Å². The lowest BCUT2D eigenvalue weighted by molar-refractivity contribution is 0.474. The Morgan fingerprint density at radius 3 is 2.55 bits per heavy atom. The summed E-state index contributed by atoms with van der Waals surface area (Å²) < 4.78 is 0. The molecule has 11 heavy (non-hydrogen) atoms. The Hall–Kier alpha value is -0.730. The molecule has 1 aromatic rings. The number of phenolic OH excluding ortho intramolecular Hbond substituents is 1. The Morgan fingerprint density at radius 1 is 1.45 bits per heavy atom. The number of hydrogen-bond acceptors (Lipinski definition) is 2. The molecule has 0 atom stereocenters. The highest BCUT2D eigenvalue weighted by molar-refractivity contribution is 5.85.